The molecule has 0 N–H and O–H groups in total. The van der Waals surface area contributed by atoms with Crippen LogP contribution >= 0.6 is 11.6 Å². The number of nitrogens with zero attached hydrogens (tertiary/aromatic N) is 1. The topological polar surface area (TPSA) is 42.2 Å². The lowest BCUT2D eigenvalue weighted by Crippen LogP contribution is -2.03. The number of rotatable bonds is 7. The maximum absolute atomic E-state index is 9.30. The van der Waals surface area contributed by atoms with Crippen LogP contribution in [0.15, 0.2) is 48.5 Å². The minimum Gasteiger partial charge on any atom is -0.493 e. The van der Waals surface area contributed by atoms with Crippen molar-refractivity contribution in [2.75, 3.05) is 13.7 Å². The van der Waals surface area contributed by atoms with Crippen molar-refractivity contribution in [3.8, 4) is 17.6 Å². The first-order chi connectivity index (χ1) is 10.7. The van der Waals surface area contributed by atoms with Crippen LogP contribution in [0.4, 0.5) is 0 Å². The highest BCUT2D eigenvalue weighted by atomic mass is 35.5. The summed E-state index contributed by atoms with van der Waals surface area (Å²) in [7, 11) is 1.62. The zero-order valence-corrected chi connectivity index (χ0v) is 13.2. The van der Waals surface area contributed by atoms with Crippen LogP contribution in [0.3, 0.4) is 0 Å². The molecule has 22 heavy (non-hydrogen) atoms. The highest BCUT2D eigenvalue weighted by molar-refractivity contribution is 6.30. The Morgan fingerprint density at radius 2 is 1.77 bits per heavy atom. The second kappa shape index (κ2) is 8.31. The van der Waals surface area contributed by atoms with E-state index in [1.165, 1.54) is 0 Å². The van der Waals surface area contributed by atoms with E-state index in [1.807, 2.05) is 48.5 Å². The molecule has 0 aliphatic carbocycles. The van der Waals surface area contributed by atoms with Crippen LogP contribution in [0.2, 0.25) is 5.02 Å². The second-order valence-corrected chi connectivity index (χ2v) is 5.31. The number of benzene rings is 2. The van der Waals surface area contributed by atoms with Crippen molar-refractivity contribution < 1.29 is 9.47 Å². The van der Waals surface area contributed by atoms with Crippen molar-refractivity contribution in [3.63, 3.8) is 0 Å². The molecular weight excluding hydrogens is 298 g/mol. The smallest absolute Gasteiger partial charge is 0.161 e. The Balaban J connectivity index is 1.84. The molecule has 2 aromatic carbocycles. The maximum atomic E-state index is 9.30. The minimum absolute atomic E-state index is 0.140. The van der Waals surface area contributed by atoms with Gasteiger partial charge in [-0.3, -0.25) is 0 Å². The summed E-state index contributed by atoms with van der Waals surface area (Å²) in [5, 5.41) is 9.98. The first kappa shape index (κ1) is 16.2. The molecule has 3 nitrogen and oxygen atoms in total. The van der Waals surface area contributed by atoms with Gasteiger partial charge in [0, 0.05) is 5.02 Å². The molecule has 1 atom stereocenters. The maximum Gasteiger partial charge on any atom is 0.161 e. The molecule has 0 fully saturated rings. The van der Waals surface area contributed by atoms with E-state index in [9.17, 15) is 5.26 Å². The number of ether oxygens (including phenoxy) is 2. The van der Waals surface area contributed by atoms with Gasteiger partial charge in [-0.2, -0.15) is 5.26 Å². The quantitative estimate of drug-likeness (QED) is 0.688. The molecule has 0 radical (unpaired) electrons. The number of hydrogen-bond acceptors (Lipinski definition) is 3. The molecule has 0 aliphatic rings. The van der Waals surface area contributed by atoms with Gasteiger partial charge in [0.15, 0.2) is 11.5 Å². The van der Waals surface area contributed by atoms with E-state index < -0.39 is 0 Å². The van der Waals surface area contributed by atoms with Gasteiger partial charge in [-0.05, 0) is 42.7 Å². The summed E-state index contributed by atoms with van der Waals surface area (Å²) in [6.45, 7) is 0.548. The summed E-state index contributed by atoms with van der Waals surface area (Å²) >= 11 is 5.87. The molecule has 4 heteroatoms. The van der Waals surface area contributed by atoms with Gasteiger partial charge in [0.25, 0.3) is 0 Å². The van der Waals surface area contributed by atoms with Crippen LogP contribution in [-0.4, -0.2) is 13.7 Å². The van der Waals surface area contributed by atoms with Gasteiger partial charge in [-0.25, -0.2) is 0 Å². The molecule has 1 unspecified atom stereocenters. The summed E-state index contributed by atoms with van der Waals surface area (Å²) in [6, 6.07) is 17.3. The first-order valence-corrected chi connectivity index (χ1v) is 7.53. The zero-order chi connectivity index (χ0) is 15.8. The van der Waals surface area contributed by atoms with Crippen molar-refractivity contribution in [1.29, 1.82) is 5.26 Å². The monoisotopic (exact) mass is 315 g/mol. The standard InChI is InChI=1S/C18H18ClNO2/c1-21-17-6-2-3-7-18(17)22-12-4-5-15(13-20)14-8-10-16(19)11-9-14/h2-3,6-11,15H,4-5,12H2,1H3. The van der Waals surface area contributed by atoms with Crippen molar-refractivity contribution in [2.45, 2.75) is 18.8 Å². The SMILES string of the molecule is COc1ccccc1OCCCC(C#N)c1ccc(Cl)cc1. The molecule has 2 aromatic rings. The van der Waals surface area contributed by atoms with Gasteiger partial charge in [0.1, 0.15) is 0 Å². The largest absolute Gasteiger partial charge is 0.493 e. The Kier molecular flexibility index (Phi) is 6.12. The molecule has 0 spiro atoms. The zero-order valence-electron chi connectivity index (χ0n) is 12.5. The third-order valence-corrected chi connectivity index (χ3v) is 3.64. The number of nitriles is 1. The summed E-state index contributed by atoms with van der Waals surface area (Å²) in [5.41, 5.74) is 0.990. The molecule has 0 heterocycles. The second-order valence-electron chi connectivity index (χ2n) is 4.87. The summed E-state index contributed by atoms with van der Waals surface area (Å²) in [4.78, 5) is 0. The summed E-state index contributed by atoms with van der Waals surface area (Å²) in [6.07, 6.45) is 1.53. The molecule has 0 amide bonds. The molecule has 0 saturated carbocycles. The van der Waals surface area contributed by atoms with Crippen LogP contribution in [-0.2, 0) is 0 Å². The fraction of sp³-hybridized carbons (Fsp3) is 0.278. The van der Waals surface area contributed by atoms with E-state index in [0.29, 0.717) is 11.6 Å². The Labute approximate surface area is 136 Å². The molecule has 0 saturated heterocycles. The third-order valence-electron chi connectivity index (χ3n) is 3.39. The molecule has 0 aromatic heterocycles. The highest BCUT2D eigenvalue weighted by Gasteiger charge is 2.10. The lowest BCUT2D eigenvalue weighted by Gasteiger charge is -2.12. The Bertz CT molecular complexity index is 634. The van der Waals surface area contributed by atoms with Crippen molar-refractivity contribution in [1.82, 2.24) is 0 Å². The van der Waals surface area contributed by atoms with Crippen molar-refractivity contribution in [2.24, 2.45) is 0 Å². The lowest BCUT2D eigenvalue weighted by molar-refractivity contribution is 0.285. The summed E-state index contributed by atoms with van der Waals surface area (Å²) in [5.74, 6) is 1.31. The predicted molar refractivity (Wildman–Crippen MR) is 87.5 cm³/mol. The van der Waals surface area contributed by atoms with Crippen LogP contribution in [0, 0.1) is 11.3 Å². The van der Waals surface area contributed by atoms with E-state index >= 15 is 0 Å². The highest BCUT2D eigenvalue weighted by Crippen LogP contribution is 2.27. The Hall–Kier alpha value is -2.18. The van der Waals surface area contributed by atoms with Gasteiger partial charge in [0.05, 0.1) is 25.7 Å². The lowest BCUT2D eigenvalue weighted by atomic mass is 9.96. The molecule has 2 rings (SSSR count). The summed E-state index contributed by atoms with van der Waals surface area (Å²) < 4.78 is 11.0. The molecule has 0 bridgehead atoms. The van der Waals surface area contributed by atoms with Gasteiger partial charge in [-0.15, -0.1) is 0 Å². The van der Waals surface area contributed by atoms with Gasteiger partial charge in [0.2, 0.25) is 0 Å². The van der Waals surface area contributed by atoms with E-state index in [-0.39, 0.29) is 5.92 Å². The minimum atomic E-state index is -0.140. The average molecular weight is 316 g/mol. The average Bonchev–Trinajstić information content (AvgIpc) is 2.56. The molecule has 0 aliphatic heterocycles. The number of halogens is 1. The fourth-order valence-corrected chi connectivity index (χ4v) is 2.33. The van der Waals surface area contributed by atoms with Gasteiger partial charge < -0.3 is 9.47 Å². The van der Waals surface area contributed by atoms with Gasteiger partial charge in [-0.1, -0.05) is 35.9 Å². The van der Waals surface area contributed by atoms with E-state index in [1.54, 1.807) is 7.11 Å². The fourth-order valence-electron chi connectivity index (χ4n) is 2.21. The van der Waals surface area contributed by atoms with Crippen LogP contribution in [0.1, 0.15) is 24.3 Å². The Morgan fingerprint density at radius 3 is 2.41 bits per heavy atom. The third kappa shape index (κ3) is 4.41. The van der Waals surface area contributed by atoms with E-state index in [4.69, 9.17) is 21.1 Å². The molecule has 114 valence electrons. The van der Waals surface area contributed by atoms with Crippen molar-refractivity contribution >= 4 is 11.6 Å². The van der Waals surface area contributed by atoms with Crippen LogP contribution in [0.5, 0.6) is 11.5 Å². The van der Waals surface area contributed by atoms with Crippen LogP contribution < -0.4 is 9.47 Å². The van der Waals surface area contributed by atoms with E-state index in [0.717, 1.165) is 29.9 Å². The number of methoxy groups -OCH3 is 1. The molecular formula is C18H18ClNO2. The van der Waals surface area contributed by atoms with Gasteiger partial charge >= 0.3 is 0 Å². The predicted octanol–water partition coefficient (Wildman–Crippen LogP) is 4.81. The number of para-hydroxylation sites is 2. The Morgan fingerprint density at radius 1 is 1.09 bits per heavy atom. The first-order valence-electron chi connectivity index (χ1n) is 7.15. The van der Waals surface area contributed by atoms with E-state index in [2.05, 4.69) is 6.07 Å². The van der Waals surface area contributed by atoms with Crippen molar-refractivity contribution in [3.05, 3.63) is 59.1 Å². The number of hydrogen-bond donors (Lipinski definition) is 0. The van der Waals surface area contributed by atoms with Crippen LogP contribution in [0.25, 0.3) is 0 Å². The normalized spacial score (nSPS) is 11.5.